The topological polar surface area (TPSA) is 87.0 Å². The van der Waals surface area contributed by atoms with Crippen molar-refractivity contribution in [1.29, 1.82) is 0 Å². The first-order chi connectivity index (χ1) is 8.41. The summed E-state index contributed by atoms with van der Waals surface area (Å²) in [6.45, 7) is 7.41. The summed E-state index contributed by atoms with van der Waals surface area (Å²) in [5.41, 5.74) is 2.72. The van der Waals surface area contributed by atoms with Crippen LogP contribution in [0.4, 0.5) is 5.69 Å². The molecule has 0 atom stereocenters. The van der Waals surface area contributed by atoms with Crippen LogP contribution in [0.3, 0.4) is 0 Å². The molecule has 0 saturated heterocycles. The van der Waals surface area contributed by atoms with Crippen LogP contribution in [0.2, 0.25) is 0 Å². The van der Waals surface area contributed by atoms with Gasteiger partial charge in [0.25, 0.3) is 0 Å². The van der Waals surface area contributed by atoms with Crippen LogP contribution in [-0.2, 0) is 6.54 Å². The van der Waals surface area contributed by atoms with Gasteiger partial charge >= 0.3 is 5.69 Å². The van der Waals surface area contributed by atoms with Crippen molar-refractivity contribution in [3.8, 4) is 0 Å². The third-order valence-corrected chi connectivity index (χ3v) is 3.01. The second kappa shape index (κ2) is 4.25. The fraction of sp³-hybridized carbons (Fsp3) is 0.455. The van der Waals surface area contributed by atoms with Gasteiger partial charge in [0.15, 0.2) is 0 Å². The highest BCUT2D eigenvalue weighted by atomic mass is 16.6. The first kappa shape index (κ1) is 12.3. The van der Waals surface area contributed by atoms with E-state index >= 15 is 0 Å². The number of hydrogen-bond donors (Lipinski definition) is 0. The fourth-order valence-corrected chi connectivity index (χ4v) is 1.98. The van der Waals surface area contributed by atoms with Crippen molar-refractivity contribution in [1.82, 2.24) is 14.9 Å². The second-order valence-corrected chi connectivity index (χ2v) is 4.24. The largest absolute Gasteiger partial charge is 0.361 e. The molecule has 0 aliphatic heterocycles. The minimum absolute atomic E-state index is 0.0711. The zero-order chi connectivity index (χ0) is 13.4. The average molecular weight is 250 g/mol. The van der Waals surface area contributed by atoms with Gasteiger partial charge in [-0.2, -0.15) is 5.10 Å². The summed E-state index contributed by atoms with van der Waals surface area (Å²) in [5, 5.41) is 19.0. The van der Waals surface area contributed by atoms with E-state index in [1.807, 2.05) is 13.8 Å². The fourth-order valence-electron chi connectivity index (χ4n) is 1.98. The van der Waals surface area contributed by atoms with Gasteiger partial charge in [0.1, 0.15) is 17.1 Å². The predicted molar refractivity (Wildman–Crippen MR) is 63.4 cm³/mol. The molecule has 0 unspecified atom stereocenters. The van der Waals surface area contributed by atoms with E-state index in [1.54, 1.807) is 18.5 Å². The number of nitro groups is 1. The third kappa shape index (κ3) is 1.87. The average Bonchev–Trinajstić information content (AvgIpc) is 2.73. The smallest absolute Gasteiger partial charge is 0.312 e. The van der Waals surface area contributed by atoms with Crippen molar-refractivity contribution >= 4 is 5.69 Å². The number of nitrogens with zero attached hydrogens (tertiary/aromatic N) is 4. The molecule has 7 heteroatoms. The van der Waals surface area contributed by atoms with Gasteiger partial charge in [0.05, 0.1) is 17.2 Å². The van der Waals surface area contributed by atoms with Gasteiger partial charge < -0.3 is 4.52 Å². The molecular weight excluding hydrogens is 236 g/mol. The monoisotopic (exact) mass is 250 g/mol. The highest BCUT2D eigenvalue weighted by Crippen LogP contribution is 2.23. The van der Waals surface area contributed by atoms with E-state index in [0.29, 0.717) is 23.7 Å². The Morgan fingerprint density at radius 3 is 2.39 bits per heavy atom. The van der Waals surface area contributed by atoms with E-state index in [2.05, 4.69) is 10.3 Å². The van der Waals surface area contributed by atoms with Gasteiger partial charge in [0, 0.05) is 5.56 Å². The Morgan fingerprint density at radius 2 is 1.94 bits per heavy atom. The predicted octanol–water partition coefficient (Wildman–Crippen LogP) is 2.06. The number of hydrogen-bond acceptors (Lipinski definition) is 5. The Labute approximate surface area is 104 Å². The number of rotatable bonds is 3. The van der Waals surface area contributed by atoms with Crippen molar-refractivity contribution in [2.75, 3.05) is 0 Å². The maximum absolute atomic E-state index is 10.9. The zero-order valence-corrected chi connectivity index (χ0v) is 10.7. The third-order valence-electron chi connectivity index (χ3n) is 3.01. The van der Waals surface area contributed by atoms with E-state index in [1.165, 1.54) is 0 Å². The molecule has 96 valence electrons. The van der Waals surface area contributed by atoms with Crippen LogP contribution in [0, 0.1) is 37.8 Å². The van der Waals surface area contributed by atoms with E-state index < -0.39 is 4.92 Å². The van der Waals surface area contributed by atoms with Crippen molar-refractivity contribution in [3.05, 3.63) is 38.5 Å². The van der Waals surface area contributed by atoms with Crippen LogP contribution in [0.25, 0.3) is 0 Å². The lowest BCUT2D eigenvalue weighted by molar-refractivity contribution is -0.386. The quantitative estimate of drug-likeness (QED) is 0.614. The summed E-state index contributed by atoms with van der Waals surface area (Å²) in [7, 11) is 0. The minimum atomic E-state index is -0.401. The molecule has 0 bridgehead atoms. The van der Waals surface area contributed by atoms with Gasteiger partial charge in [-0.3, -0.25) is 14.8 Å². The Morgan fingerprint density at radius 1 is 1.28 bits per heavy atom. The number of aromatic nitrogens is 3. The zero-order valence-electron chi connectivity index (χ0n) is 10.7. The first-order valence-electron chi connectivity index (χ1n) is 5.52. The lowest BCUT2D eigenvalue weighted by atomic mass is 10.2. The van der Waals surface area contributed by atoms with E-state index in [4.69, 9.17) is 4.52 Å². The van der Waals surface area contributed by atoms with Crippen molar-refractivity contribution in [3.63, 3.8) is 0 Å². The van der Waals surface area contributed by atoms with Crippen LogP contribution < -0.4 is 0 Å². The molecule has 18 heavy (non-hydrogen) atoms. The van der Waals surface area contributed by atoms with Crippen LogP contribution in [0.5, 0.6) is 0 Å². The Kier molecular flexibility index (Phi) is 2.90. The molecule has 2 aromatic heterocycles. The summed E-state index contributed by atoms with van der Waals surface area (Å²) in [4.78, 5) is 10.5. The summed E-state index contributed by atoms with van der Waals surface area (Å²) < 4.78 is 6.68. The van der Waals surface area contributed by atoms with Crippen LogP contribution in [0.1, 0.15) is 28.4 Å². The molecule has 0 aliphatic carbocycles. The van der Waals surface area contributed by atoms with Crippen molar-refractivity contribution in [2.24, 2.45) is 0 Å². The van der Waals surface area contributed by atoms with Gasteiger partial charge in [-0.05, 0) is 27.7 Å². The van der Waals surface area contributed by atoms with Gasteiger partial charge in [-0.1, -0.05) is 5.16 Å². The molecular formula is C11H14N4O3. The van der Waals surface area contributed by atoms with Crippen molar-refractivity contribution < 1.29 is 9.45 Å². The summed E-state index contributed by atoms with van der Waals surface area (Å²) in [6, 6.07) is 0. The van der Waals surface area contributed by atoms with Gasteiger partial charge in [-0.15, -0.1) is 0 Å². The summed E-state index contributed by atoms with van der Waals surface area (Å²) >= 11 is 0. The maximum Gasteiger partial charge on any atom is 0.312 e. The molecule has 2 rings (SSSR count). The van der Waals surface area contributed by atoms with Gasteiger partial charge in [-0.25, -0.2) is 0 Å². The van der Waals surface area contributed by atoms with Crippen LogP contribution >= 0.6 is 0 Å². The molecule has 0 fully saturated rings. The Balaban J connectivity index is 2.42. The van der Waals surface area contributed by atoms with Crippen LogP contribution in [0.15, 0.2) is 4.52 Å². The Hall–Kier alpha value is -2.18. The number of aryl methyl sites for hydroxylation is 3. The normalized spacial score (nSPS) is 10.9. The van der Waals surface area contributed by atoms with Gasteiger partial charge in [0.2, 0.25) is 0 Å². The summed E-state index contributed by atoms with van der Waals surface area (Å²) in [5.74, 6) is 0.711. The lowest BCUT2D eigenvalue weighted by Crippen LogP contribution is -2.05. The second-order valence-electron chi connectivity index (χ2n) is 4.24. The van der Waals surface area contributed by atoms with E-state index in [-0.39, 0.29) is 5.69 Å². The SMILES string of the molecule is Cc1noc(C)c1Cn1nc(C)c([N+](=O)[O-])c1C. The molecule has 2 aromatic rings. The minimum Gasteiger partial charge on any atom is -0.361 e. The molecule has 0 spiro atoms. The highest BCUT2D eigenvalue weighted by molar-refractivity contribution is 5.40. The highest BCUT2D eigenvalue weighted by Gasteiger charge is 2.22. The van der Waals surface area contributed by atoms with Crippen LogP contribution in [-0.4, -0.2) is 19.9 Å². The molecule has 7 nitrogen and oxygen atoms in total. The first-order valence-corrected chi connectivity index (χ1v) is 5.52. The standard InChI is InChI=1S/C11H14N4O3/c1-6-10(9(4)18-13-6)5-14-8(3)11(15(16)17)7(2)12-14/h5H2,1-4H3. The van der Waals surface area contributed by atoms with E-state index in [0.717, 1.165) is 11.3 Å². The Bertz CT molecular complexity index is 593. The molecule has 0 aliphatic rings. The maximum atomic E-state index is 10.9. The molecule has 0 aromatic carbocycles. The summed E-state index contributed by atoms with van der Waals surface area (Å²) in [6.07, 6.45) is 0. The molecule has 0 N–H and O–H groups in total. The molecule has 0 amide bonds. The molecule has 0 radical (unpaired) electrons. The van der Waals surface area contributed by atoms with Crippen molar-refractivity contribution in [2.45, 2.75) is 34.2 Å². The molecule has 0 saturated carbocycles. The van der Waals surface area contributed by atoms with E-state index in [9.17, 15) is 10.1 Å². The lowest BCUT2D eigenvalue weighted by Gasteiger charge is -2.02. The molecule has 2 heterocycles.